The van der Waals surface area contributed by atoms with Gasteiger partial charge in [-0.25, -0.2) is 8.78 Å². The van der Waals surface area contributed by atoms with E-state index in [1.165, 1.54) is 0 Å². The van der Waals surface area contributed by atoms with Crippen LogP contribution in [0.15, 0.2) is 12.2 Å². The summed E-state index contributed by atoms with van der Waals surface area (Å²) in [7, 11) is 0. The van der Waals surface area contributed by atoms with Crippen molar-refractivity contribution in [1.82, 2.24) is 0 Å². The third-order valence-corrected chi connectivity index (χ3v) is 1.23. The fourth-order valence-corrected chi connectivity index (χ4v) is 0.422. The van der Waals surface area contributed by atoms with Gasteiger partial charge in [-0.2, -0.15) is 8.78 Å². The summed E-state index contributed by atoms with van der Waals surface area (Å²) in [6.07, 6.45) is -3.72. The Morgan fingerprint density at radius 3 is 2.00 bits per heavy atom. The molecule has 0 spiro atoms. The number of hydrogen-bond acceptors (Lipinski definition) is 0. The van der Waals surface area contributed by atoms with Gasteiger partial charge in [-0.15, -0.1) is 11.6 Å². The zero-order valence-electron chi connectivity index (χ0n) is 4.88. The Bertz CT molecular complexity index is 132. The molecule has 0 unspecified atom stereocenters. The average Bonchev–Trinajstić information content (AvgIpc) is 1.86. The van der Waals surface area contributed by atoms with Crippen LogP contribution in [0.25, 0.3) is 0 Å². The predicted octanol–water partition coefficient (Wildman–Crippen LogP) is 2.68. The van der Waals surface area contributed by atoms with Crippen molar-refractivity contribution in [2.45, 2.75) is 12.3 Å². The van der Waals surface area contributed by atoms with E-state index in [0.29, 0.717) is 0 Å². The van der Waals surface area contributed by atoms with E-state index in [1.54, 1.807) is 0 Å². The molecule has 0 aliphatic carbocycles. The molecule has 0 saturated heterocycles. The normalized spacial score (nSPS) is 12.2. The van der Waals surface area contributed by atoms with Gasteiger partial charge in [0.1, 0.15) is 0 Å². The molecule has 5 heteroatoms. The summed E-state index contributed by atoms with van der Waals surface area (Å²) in [5.74, 6) is -4.81. The Balaban J connectivity index is 4.24. The zero-order chi connectivity index (χ0) is 8.36. The van der Waals surface area contributed by atoms with Crippen LogP contribution in [-0.4, -0.2) is 18.2 Å². The lowest BCUT2D eigenvalue weighted by Gasteiger charge is -2.15. The molecule has 0 aliphatic rings. The van der Waals surface area contributed by atoms with E-state index in [1.807, 2.05) is 0 Å². The molecule has 0 saturated carbocycles. The molecule has 0 bridgehead atoms. The number of hydrogen-bond donors (Lipinski definition) is 0. The van der Waals surface area contributed by atoms with Crippen molar-refractivity contribution >= 4 is 11.6 Å². The summed E-state index contributed by atoms with van der Waals surface area (Å²) in [6, 6.07) is 0. The highest BCUT2D eigenvalue weighted by Gasteiger charge is 2.42. The topological polar surface area (TPSA) is 0 Å². The van der Waals surface area contributed by atoms with Crippen LogP contribution >= 0.6 is 11.6 Å². The maximum absolute atomic E-state index is 12.0. The van der Waals surface area contributed by atoms with E-state index in [0.717, 1.165) is 0 Å². The number of rotatable bonds is 3. The van der Waals surface area contributed by atoms with Gasteiger partial charge in [-0.05, 0) is 0 Å². The third kappa shape index (κ3) is 1.87. The van der Waals surface area contributed by atoms with Crippen molar-refractivity contribution in [2.75, 3.05) is 5.88 Å². The van der Waals surface area contributed by atoms with Gasteiger partial charge in [-0.1, -0.05) is 6.58 Å². The molecule has 0 atom stereocenters. The molecule has 0 fully saturated rings. The molecule has 10 heavy (non-hydrogen) atoms. The van der Waals surface area contributed by atoms with E-state index in [9.17, 15) is 17.6 Å². The number of halogens is 5. The number of alkyl halides is 5. The highest BCUT2D eigenvalue weighted by molar-refractivity contribution is 6.19. The summed E-state index contributed by atoms with van der Waals surface area (Å²) in [6.45, 7) is 2.70. The van der Waals surface area contributed by atoms with Crippen LogP contribution in [0.4, 0.5) is 17.6 Å². The molecule has 0 rings (SSSR count). The first-order valence-electron chi connectivity index (χ1n) is 2.33. The Morgan fingerprint density at radius 1 is 1.50 bits per heavy atom. The molecule has 0 aromatic rings. The van der Waals surface area contributed by atoms with Gasteiger partial charge in [0.05, 0.1) is 0 Å². The molecule has 0 radical (unpaired) electrons. The monoisotopic (exact) mass is 176 g/mol. The quantitative estimate of drug-likeness (QED) is 0.352. The van der Waals surface area contributed by atoms with Crippen molar-refractivity contribution in [2.24, 2.45) is 0 Å². The van der Waals surface area contributed by atoms with Gasteiger partial charge in [0.2, 0.25) is 0 Å². The van der Waals surface area contributed by atoms with Crippen LogP contribution in [0.3, 0.4) is 0 Å². The SMILES string of the molecule is C=C(CCl)C(F)(F)C(F)F. The van der Waals surface area contributed by atoms with E-state index >= 15 is 0 Å². The van der Waals surface area contributed by atoms with Crippen molar-refractivity contribution in [1.29, 1.82) is 0 Å². The van der Waals surface area contributed by atoms with E-state index in [2.05, 4.69) is 6.58 Å². The van der Waals surface area contributed by atoms with E-state index in [-0.39, 0.29) is 0 Å². The van der Waals surface area contributed by atoms with Crippen LogP contribution in [0, 0.1) is 0 Å². The van der Waals surface area contributed by atoms with Gasteiger partial charge < -0.3 is 0 Å². The van der Waals surface area contributed by atoms with Gasteiger partial charge in [0.25, 0.3) is 0 Å². The third-order valence-electron chi connectivity index (χ3n) is 0.907. The second-order valence-corrected chi connectivity index (χ2v) is 1.93. The Kier molecular flexibility index (Phi) is 3.15. The molecule has 0 amide bonds. The molecule has 0 aromatic carbocycles. The average molecular weight is 177 g/mol. The lowest BCUT2D eigenvalue weighted by Crippen LogP contribution is -2.29. The highest BCUT2D eigenvalue weighted by atomic mass is 35.5. The van der Waals surface area contributed by atoms with E-state index < -0.39 is 23.8 Å². The summed E-state index contributed by atoms with van der Waals surface area (Å²) >= 11 is 4.87. The minimum Gasteiger partial charge on any atom is -0.203 e. The fraction of sp³-hybridized carbons (Fsp3) is 0.600. The van der Waals surface area contributed by atoms with Crippen LogP contribution in [-0.2, 0) is 0 Å². The summed E-state index contributed by atoms with van der Waals surface area (Å²) in [4.78, 5) is 0. The molecule has 0 nitrogen and oxygen atoms in total. The molecular weight excluding hydrogens is 172 g/mol. The minimum absolute atomic E-state index is 0.655. The van der Waals surface area contributed by atoms with Gasteiger partial charge in [0, 0.05) is 11.5 Å². The van der Waals surface area contributed by atoms with Crippen LogP contribution in [0.1, 0.15) is 0 Å². The molecule has 60 valence electrons. The Morgan fingerprint density at radius 2 is 1.90 bits per heavy atom. The van der Waals surface area contributed by atoms with Crippen molar-refractivity contribution in [3.63, 3.8) is 0 Å². The fourth-order valence-electron chi connectivity index (χ4n) is 0.243. The first-order chi connectivity index (χ1) is 4.42. The first kappa shape index (κ1) is 9.75. The molecule has 0 aromatic heterocycles. The highest BCUT2D eigenvalue weighted by Crippen LogP contribution is 2.30. The summed E-state index contributed by atoms with van der Waals surface area (Å²) < 4.78 is 46.8. The second-order valence-electron chi connectivity index (χ2n) is 1.66. The molecular formula is C5H5ClF4. The lowest BCUT2D eigenvalue weighted by atomic mass is 10.2. The first-order valence-corrected chi connectivity index (χ1v) is 2.86. The maximum atomic E-state index is 12.0. The molecule has 0 heterocycles. The molecule has 0 aliphatic heterocycles. The zero-order valence-corrected chi connectivity index (χ0v) is 5.64. The number of allylic oxidation sites excluding steroid dienone is 1. The van der Waals surface area contributed by atoms with Gasteiger partial charge in [0.15, 0.2) is 0 Å². The standard InChI is InChI=1S/C5H5ClF4/c1-3(2-6)5(9,10)4(7)8/h4H,1-2H2. The molecule has 0 N–H and O–H groups in total. The Hall–Kier alpha value is -0.250. The van der Waals surface area contributed by atoms with Gasteiger partial charge in [-0.3, -0.25) is 0 Å². The predicted molar refractivity (Wildman–Crippen MR) is 30.8 cm³/mol. The maximum Gasteiger partial charge on any atom is 0.329 e. The van der Waals surface area contributed by atoms with Crippen LogP contribution in [0.2, 0.25) is 0 Å². The summed E-state index contributed by atoms with van der Waals surface area (Å²) in [5.41, 5.74) is -0.954. The summed E-state index contributed by atoms with van der Waals surface area (Å²) in [5, 5.41) is 0. The Labute approximate surface area is 60.5 Å². The van der Waals surface area contributed by atoms with Gasteiger partial charge >= 0.3 is 12.3 Å². The van der Waals surface area contributed by atoms with Crippen molar-refractivity contribution in [3.8, 4) is 0 Å². The minimum atomic E-state index is -4.15. The second kappa shape index (κ2) is 3.23. The van der Waals surface area contributed by atoms with Crippen LogP contribution in [0.5, 0.6) is 0 Å². The van der Waals surface area contributed by atoms with Crippen molar-refractivity contribution in [3.05, 3.63) is 12.2 Å². The largest absolute Gasteiger partial charge is 0.329 e. The van der Waals surface area contributed by atoms with Crippen LogP contribution < -0.4 is 0 Å². The van der Waals surface area contributed by atoms with Crippen molar-refractivity contribution < 1.29 is 17.6 Å². The van der Waals surface area contributed by atoms with E-state index in [4.69, 9.17) is 11.6 Å². The lowest BCUT2D eigenvalue weighted by molar-refractivity contribution is -0.0985. The smallest absolute Gasteiger partial charge is 0.203 e.